The van der Waals surface area contributed by atoms with Gasteiger partial charge in [0.15, 0.2) is 0 Å². The molecule has 1 fully saturated rings. The van der Waals surface area contributed by atoms with E-state index in [1.165, 1.54) is 50.3 Å². The number of hydrogen-bond donors (Lipinski definition) is 1. The highest BCUT2D eigenvalue weighted by atomic mass is 15.3. The molecule has 0 amide bonds. The monoisotopic (exact) mass is 317 g/mol. The Morgan fingerprint density at radius 3 is 2.04 bits per heavy atom. The minimum Gasteiger partial charge on any atom is -0.310 e. The van der Waals surface area contributed by atoms with Crippen LogP contribution in [0.5, 0.6) is 0 Å². The van der Waals surface area contributed by atoms with Gasteiger partial charge in [0.2, 0.25) is 0 Å². The van der Waals surface area contributed by atoms with Gasteiger partial charge in [-0.3, -0.25) is 4.90 Å². The molecule has 1 aromatic rings. The Bertz CT molecular complexity index is 433. The van der Waals surface area contributed by atoms with Gasteiger partial charge in [0, 0.05) is 51.9 Å². The summed E-state index contributed by atoms with van der Waals surface area (Å²) in [5.41, 5.74) is 2.82. The topological polar surface area (TPSA) is 18.5 Å². The second-order valence-corrected chi connectivity index (χ2v) is 7.48. The van der Waals surface area contributed by atoms with Crippen LogP contribution in [0.1, 0.15) is 45.2 Å². The summed E-state index contributed by atoms with van der Waals surface area (Å²) < 4.78 is 0. The van der Waals surface area contributed by atoms with Gasteiger partial charge in [-0.2, -0.15) is 0 Å². The van der Waals surface area contributed by atoms with Crippen molar-refractivity contribution in [1.82, 2.24) is 15.1 Å². The lowest BCUT2D eigenvalue weighted by Gasteiger charge is -2.35. The van der Waals surface area contributed by atoms with E-state index in [-0.39, 0.29) is 0 Å². The third kappa shape index (κ3) is 6.62. The molecular weight excluding hydrogens is 282 g/mol. The Labute approximate surface area is 143 Å². The predicted molar refractivity (Wildman–Crippen MR) is 99.6 cm³/mol. The van der Waals surface area contributed by atoms with Gasteiger partial charge >= 0.3 is 0 Å². The van der Waals surface area contributed by atoms with Gasteiger partial charge in [0.25, 0.3) is 0 Å². The zero-order valence-corrected chi connectivity index (χ0v) is 15.5. The van der Waals surface area contributed by atoms with E-state index in [2.05, 4.69) is 67.1 Å². The van der Waals surface area contributed by atoms with Crippen LogP contribution in [0.3, 0.4) is 0 Å². The molecule has 3 nitrogen and oxygen atoms in total. The smallest absolute Gasteiger partial charge is 0.0234 e. The zero-order valence-electron chi connectivity index (χ0n) is 15.5. The van der Waals surface area contributed by atoms with Gasteiger partial charge in [0.1, 0.15) is 0 Å². The summed E-state index contributed by atoms with van der Waals surface area (Å²) in [6, 6.07) is 9.75. The Morgan fingerprint density at radius 1 is 0.913 bits per heavy atom. The fourth-order valence-electron chi connectivity index (χ4n) is 3.10. The second kappa shape index (κ2) is 9.41. The first-order chi connectivity index (χ1) is 11.1. The molecule has 0 radical (unpaired) electrons. The lowest BCUT2D eigenvalue weighted by atomic mass is 10.1. The first-order valence-electron chi connectivity index (χ1n) is 9.32. The van der Waals surface area contributed by atoms with Crippen LogP contribution in [-0.2, 0) is 13.1 Å². The first kappa shape index (κ1) is 18.4. The molecule has 2 rings (SSSR count). The SMILES string of the molecule is CCC(C)NCc1ccc(CN2CCN(CC(C)C)CC2)cc1. The lowest BCUT2D eigenvalue weighted by Crippen LogP contribution is -2.46. The Morgan fingerprint density at radius 2 is 1.48 bits per heavy atom. The Kier molecular flexibility index (Phi) is 7.54. The van der Waals surface area contributed by atoms with Crippen molar-refractivity contribution in [1.29, 1.82) is 0 Å². The average molecular weight is 318 g/mol. The minimum absolute atomic E-state index is 0.594. The van der Waals surface area contributed by atoms with E-state index in [1.807, 2.05) is 0 Å². The quantitative estimate of drug-likeness (QED) is 0.793. The summed E-state index contributed by atoms with van der Waals surface area (Å²) in [6.07, 6.45) is 1.18. The number of hydrogen-bond acceptors (Lipinski definition) is 3. The van der Waals surface area contributed by atoms with Crippen LogP contribution in [-0.4, -0.2) is 48.6 Å². The van der Waals surface area contributed by atoms with Crippen molar-refractivity contribution in [2.24, 2.45) is 5.92 Å². The largest absolute Gasteiger partial charge is 0.310 e. The average Bonchev–Trinajstić information content (AvgIpc) is 2.55. The van der Waals surface area contributed by atoms with Crippen molar-refractivity contribution in [3.63, 3.8) is 0 Å². The molecule has 1 aliphatic heterocycles. The number of nitrogens with one attached hydrogen (secondary N) is 1. The molecule has 1 aromatic carbocycles. The standard InChI is InChI=1S/C20H35N3/c1-5-18(4)21-14-19-6-8-20(9-7-19)16-23-12-10-22(11-13-23)15-17(2)3/h6-9,17-18,21H,5,10-16H2,1-4H3. The molecule has 0 aliphatic carbocycles. The highest BCUT2D eigenvalue weighted by Crippen LogP contribution is 2.11. The van der Waals surface area contributed by atoms with E-state index in [0.717, 1.165) is 19.0 Å². The second-order valence-electron chi connectivity index (χ2n) is 7.48. The van der Waals surface area contributed by atoms with Crippen LogP contribution in [0, 0.1) is 5.92 Å². The summed E-state index contributed by atoms with van der Waals surface area (Å²) >= 11 is 0. The van der Waals surface area contributed by atoms with Crippen molar-refractivity contribution in [2.45, 2.75) is 53.2 Å². The fraction of sp³-hybridized carbons (Fsp3) is 0.700. The third-order valence-corrected chi connectivity index (χ3v) is 4.78. The summed E-state index contributed by atoms with van der Waals surface area (Å²) in [5.74, 6) is 0.776. The summed E-state index contributed by atoms with van der Waals surface area (Å²) in [7, 11) is 0. The third-order valence-electron chi connectivity index (χ3n) is 4.78. The van der Waals surface area contributed by atoms with Gasteiger partial charge < -0.3 is 10.2 Å². The van der Waals surface area contributed by atoms with E-state index in [0.29, 0.717) is 6.04 Å². The zero-order chi connectivity index (χ0) is 16.7. The molecule has 1 unspecified atom stereocenters. The van der Waals surface area contributed by atoms with Crippen LogP contribution < -0.4 is 5.32 Å². The molecule has 0 bridgehead atoms. The maximum atomic E-state index is 3.55. The van der Waals surface area contributed by atoms with E-state index < -0.39 is 0 Å². The van der Waals surface area contributed by atoms with Gasteiger partial charge in [-0.25, -0.2) is 0 Å². The summed E-state index contributed by atoms with van der Waals surface area (Å²) in [5, 5.41) is 3.55. The number of benzene rings is 1. The van der Waals surface area contributed by atoms with Crippen molar-refractivity contribution in [2.75, 3.05) is 32.7 Å². The fourth-order valence-corrected chi connectivity index (χ4v) is 3.10. The van der Waals surface area contributed by atoms with Gasteiger partial charge in [-0.05, 0) is 30.4 Å². The van der Waals surface area contributed by atoms with E-state index >= 15 is 0 Å². The summed E-state index contributed by atoms with van der Waals surface area (Å²) in [6.45, 7) is 17.2. The normalized spacial score (nSPS) is 18.5. The number of piperazine rings is 1. The molecule has 130 valence electrons. The molecular formula is C20H35N3. The van der Waals surface area contributed by atoms with Crippen molar-refractivity contribution in [3.05, 3.63) is 35.4 Å². The maximum Gasteiger partial charge on any atom is 0.0234 e. The van der Waals surface area contributed by atoms with Gasteiger partial charge in [-0.15, -0.1) is 0 Å². The molecule has 0 aromatic heterocycles. The summed E-state index contributed by atoms with van der Waals surface area (Å²) in [4.78, 5) is 5.19. The maximum absolute atomic E-state index is 3.55. The van der Waals surface area contributed by atoms with Crippen molar-refractivity contribution >= 4 is 0 Å². The lowest BCUT2D eigenvalue weighted by molar-refractivity contribution is 0.117. The predicted octanol–water partition coefficient (Wildman–Crippen LogP) is 3.35. The van der Waals surface area contributed by atoms with Crippen LogP contribution in [0.2, 0.25) is 0 Å². The Balaban J connectivity index is 1.74. The minimum atomic E-state index is 0.594. The van der Waals surface area contributed by atoms with E-state index in [4.69, 9.17) is 0 Å². The molecule has 3 heteroatoms. The van der Waals surface area contributed by atoms with E-state index in [1.54, 1.807) is 0 Å². The van der Waals surface area contributed by atoms with E-state index in [9.17, 15) is 0 Å². The molecule has 0 spiro atoms. The molecule has 0 saturated carbocycles. The molecule has 1 aliphatic rings. The molecule has 23 heavy (non-hydrogen) atoms. The van der Waals surface area contributed by atoms with Crippen LogP contribution in [0.15, 0.2) is 24.3 Å². The van der Waals surface area contributed by atoms with Crippen LogP contribution in [0.4, 0.5) is 0 Å². The number of nitrogens with zero attached hydrogens (tertiary/aromatic N) is 2. The molecule has 1 N–H and O–H groups in total. The van der Waals surface area contributed by atoms with Crippen molar-refractivity contribution < 1.29 is 0 Å². The van der Waals surface area contributed by atoms with Gasteiger partial charge in [0.05, 0.1) is 0 Å². The van der Waals surface area contributed by atoms with Gasteiger partial charge in [-0.1, -0.05) is 45.0 Å². The van der Waals surface area contributed by atoms with Crippen LogP contribution in [0.25, 0.3) is 0 Å². The Hall–Kier alpha value is -0.900. The molecule has 1 saturated heterocycles. The molecule has 1 heterocycles. The van der Waals surface area contributed by atoms with Crippen LogP contribution >= 0.6 is 0 Å². The highest BCUT2D eigenvalue weighted by molar-refractivity contribution is 5.22. The molecule has 1 atom stereocenters. The van der Waals surface area contributed by atoms with Crippen molar-refractivity contribution in [3.8, 4) is 0 Å². The highest BCUT2D eigenvalue weighted by Gasteiger charge is 2.17. The first-order valence-corrected chi connectivity index (χ1v) is 9.32. The number of rotatable bonds is 8.